The SMILES string of the molecule is CSC(C)(C)CNc1ccncc1C. The van der Waals surface area contributed by atoms with E-state index in [9.17, 15) is 0 Å². The zero-order valence-corrected chi connectivity index (χ0v) is 10.1. The largest absolute Gasteiger partial charge is 0.383 e. The predicted molar refractivity (Wildman–Crippen MR) is 65.1 cm³/mol. The maximum absolute atomic E-state index is 4.06. The van der Waals surface area contributed by atoms with Crippen molar-refractivity contribution in [1.82, 2.24) is 4.98 Å². The molecule has 2 nitrogen and oxygen atoms in total. The molecule has 0 aliphatic carbocycles. The van der Waals surface area contributed by atoms with Crippen molar-refractivity contribution in [3.63, 3.8) is 0 Å². The number of nitrogens with one attached hydrogen (secondary N) is 1. The molecule has 0 spiro atoms. The number of pyridine rings is 1. The van der Waals surface area contributed by atoms with E-state index in [0.29, 0.717) is 0 Å². The lowest BCUT2D eigenvalue weighted by atomic mass is 10.2. The maximum Gasteiger partial charge on any atom is 0.0401 e. The van der Waals surface area contributed by atoms with Crippen molar-refractivity contribution < 1.29 is 0 Å². The van der Waals surface area contributed by atoms with Gasteiger partial charge in [0.2, 0.25) is 0 Å². The zero-order valence-electron chi connectivity index (χ0n) is 9.29. The second kappa shape index (κ2) is 4.69. The van der Waals surface area contributed by atoms with Crippen LogP contribution in [0.2, 0.25) is 0 Å². The first kappa shape index (κ1) is 11.4. The lowest BCUT2D eigenvalue weighted by molar-refractivity contribution is 0.752. The van der Waals surface area contributed by atoms with Crippen molar-refractivity contribution in [2.75, 3.05) is 18.1 Å². The molecule has 0 aliphatic rings. The van der Waals surface area contributed by atoms with E-state index < -0.39 is 0 Å². The van der Waals surface area contributed by atoms with Gasteiger partial charge >= 0.3 is 0 Å². The highest BCUT2D eigenvalue weighted by Gasteiger charge is 2.15. The molecule has 1 aromatic heterocycles. The molecule has 78 valence electrons. The Morgan fingerprint density at radius 1 is 1.50 bits per heavy atom. The molecule has 1 rings (SSSR count). The van der Waals surface area contributed by atoms with Crippen molar-refractivity contribution in [2.45, 2.75) is 25.5 Å². The van der Waals surface area contributed by atoms with Crippen LogP contribution in [0.25, 0.3) is 0 Å². The van der Waals surface area contributed by atoms with E-state index in [1.807, 2.05) is 30.2 Å². The van der Waals surface area contributed by atoms with E-state index in [0.717, 1.165) is 6.54 Å². The summed E-state index contributed by atoms with van der Waals surface area (Å²) in [7, 11) is 0. The van der Waals surface area contributed by atoms with Crippen LogP contribution >= 0.6 is 11.8 Å². The molecule has 0 aromatic carbocycles. The molecule has 0 bridgehead atoms. The first-order valence-corrected chi connectivity index (χ1v) is 5.97. The summed E-state index contributed by atoms with van der Waals surface area (Å²) in [6.07, 6.45) is 5.84. The van der Waals surface area contributed by atoms with Crippen LogP contribution in [-0.2, 0) is 0 Å². The molecule has 0 saturated carbocycles. The number of hydrogen-bond donors (Lipinski definition) is 1. The van der Waals surface area contributed by atoms with Crippen LogP contribution < -0.4 is 5.32 Å². The molecule has 0 unspecified atom stereocenters. The minimum atomic E-state index is 0.274. The van der Waals surface area contributed by atoms with Gasteiger partial charge in [-0.25, -0.2) is 0 Å². The molecular weight excluding hydrogens is 192 g/mol. The van der Waals surface area contributed by atoms with Crippen LogP contribution in [0.4, 0.5) is 5.69 Å². The Balaban J connectivity index is 2.58. The molecule has 0 amide bonds. The fourth-order valence-corrected chi connectivity index (χ4v) is 1.27. The van der Waals surface area contributed by atoms with E-state index in [2.05, 4.69) is 37.3 Å². The molecule has 0 atom stereocenters. The van der Waals surface area contributed by atoms with Gasteiger partial charge in [0.05, 0.1) is 0 Å². The van der Waals surface area contributed by atoms with Crippen LogP contribution in [0.3, 0.4) is 0 Å². The minimum absolute atomic E-state index is 0.274. The molecule has 0 radical (unpaired) electrons. The number of anilines is 1. The molecule has 3 heteroatoms. The smallest absolute Gasteiger partial charge is 0.0401 e. The van der Waals surface area contributed by atoms with Crippen molar-refractivity contribution in [3.8, 4) is 0 Å². The Bertz CT molecular complexity index is 297. The highest BCUT2D eigenvalue weighted by molar-refractivity contribution is 7.99. The molecule has 1 heterocycles. The topological polar surface area (TPSA) is 24.9 Å². The Labute approximate surface area is 90.5 Å². The number of nitrogens with zero attached hydrogens (tertiary/aromatic N) is 1. The minimum Gasteiger partial charge on any atom is -0.383 e. The number of rotatable bonds is 4. The molecule has 14 heavy (non-hydrogen) atoms. The van der Waals surface area contributed by atoms with Gasteiger partial charge in [0.15, 0.2) is 0 Å². The lowest BCUT2D eigenvalue weighted by Crippen LogP contribution is -2.26. The van der Waals surface area contributed by atoms with Gasteiger partial charge in [0.25, 0.3) is 0 Å². The third-order valence-electron chi connectivity index (χ3n) is 2.28. The Morgan fingerprint density at radius 3 is 2.79 bits per heavy atom. The first-order chi connectivity index (χ1) is 6.55. The van der Waals surface area contributed by atoms with Gasteiger partial charge in [-0.3, -0.25) is 4.98 Å². The number of aromatic nitrogens is 1. The Morgan fingerprint density at radius 2 is 2.21 bits per heavy atom. The molecule has 1 N–H and O–H groups in total. The Kier molecular flexibility index (Phi) is 3.81. The second-order valence-electron chi connectivity index (χ2n) is 4.01. The summed E-state index contributed by atoms with van der Waals surface area (Å²) < 4.78 is 0.274. The molecule has 0 fully saturated rings. The van der Waals surface area contributed by atoms with Gasteiger partial charge in [0.1, 0.15) is 0 Å². The normalized spacial score (nSPS) is 11.4. The first-order valence-electron chi connectivity index (χ1n) is 4.75. The predicted octanol–water partition coefficient (Wildman–Crippen LogP) is 2.94. The summed E-state index contributed by atoms with van der Waals surface area (Å²) in [6.45, 7) is 7.52. The lowest BCUT2D eigenvalue weighted by Gasteiger charge is -2.23. The quantitative estimate of drug-likeness (QED) is 0.827. The van der Waals surface area contributed by atoms with E-state index >= 15 is 0 Å². The average molecular weight is 210 g/mol. The summed E-state index contributed by atoms with van der Waals surface area (Å²) in [6, 6.07) is 2.02. The second-order valence-corrected chi connectivity index (χ2v) is 5.52. The van der Waals surface area contributed by atoms with Crippen LogP contribution in [0.5, 0.6) is 0 Å². The van der Waals surface area contributed by atoms with Gasteiger partial charge in [-0.1, -0.05) is 0 Å². The number of aryl methyl sites for hydroxylation is 1. The zero-order chi connectivity index (χ0) is 10.6. The van der Waals surface area contributed by atoms with Crippen molar-refractivity contribution in [3.05, 3.63) is 24.0 Å². The van der Waals surface area contributed by atoms with Crippen molar-refractivity contribution in [1.29, 1.82) is 0 Å². The monoisotopic (exact) mass is 210 g/mol. The standard InChI is InChI=1S/C11H18N2S/c1-9-7-12-6-5-10(9)13-8-11(2,3)14-4/h5-7H,8H2,1-4H3,(H,12,13). The van der Waals surface area contributed by atoms with Crippen LogP contribution in [0, 0.1) is 6.92 Å². The molecule has 0 aliphatic heterocycles. The number of hydrogen-bond acceptors (Lipinski definition) is 3. The maximum atomic E-state index is 4.06. The van der Waals surface area contributed by atoms with Crippen LogP contribution in [-0.4, -0.2) is 22.5 Å². The van der Waals surface area contributed by atoms with Crippen molar-refractivity contribution in [2.24, 2.45) is 0 Å². The van der Waals surface area contributed by atoms with Crippen LogP contribution in [0.15, 0.2) is 18.5 Å². The van der Waals surface area contributed by atoms with E-state index in [-0.39, 0.29) is 4.75 Å². The molecule has 1 aromatic rings. The van der Waals surface area contributed by atoms with Crippen molar-refractivity contribution >= 4 is 17.4 Å². The van der Waals surface area contributed by atoms with Gasteiger partial charge in [0, 0.05) is 29.4 Å². The van der Waals surface area contributed by atoms with Gasteiger partial charge < -0.3 is 5.32 Å². The van der Waals surface area contributed by atoms with Gasteiger partial charge in [-0.2, -0.15) is 11.8 Å². The van der Waals surface area contributed by atoms with E-state index in [1.54, 1.807) is 0 Å². The summed E-state index contributed by atoms with van der Waals surface area (Å²) in [5, 5.41) is 3.44. The third kappa shape index (κ3) is 3.22. The van der Waals surface area contributed by atoms with E-state index in [4.69, 9.17) is 0 Å². The fourth-order valence-electron chi connectivity index (χ4n) is 1.05. The van der Waals surface area contributed by atoms with Gasteiger partial charge in [-0.15, -0.1) is 0 Å². The average Bonchev–Trinajstić information content (AvgIpc) is 2.17. The molecule has 0 saturated heterocycles. The van der Waals surface area contributed by atoms with Gasteiger partial charge in [-0.05, 0) is 38.7 Å². The third-order valence-corrected chi connectivity index (χ3v) is 3.53. The highest BCUT2D eigenvalue weighted by atomic mass is 32.2. The summed E-state index contributed by atoms with van der Waals surface area (Å²) >= 11 is 1.87. The van der Waals surface area contributed by atoms with E-state index in [1.165, 1.54) is 11.3 Å². The highest BCUT2D eigenvalue weighted by Crippen LogP contribution is 2.22. The number of thioether (sulfide) groups is 1. The summed E-state index contributed by atoms with van der Waals surface area (Å²) in [5.41, 5.74) is 2.38. The fraction of sp³-hybridized carbons (Fsp3) is 0.545. The van der Waals surface area contributed by atoms with Crippen LogP contribution in [0.1, 0.15) is 19.4 Å². The summed E-state index contributed by atoms with van der Waals surface area (Å²) in [4.78, 5) is 4.06. The molecular formula is C11H18N2S. The summed E-state index contributed by atoms with van der Waals surface area (Å²) in [5.74, 6) is 0. The Hall–Kier alpha value is -0.700.